The van der Waals surface area contributed by atoms with E-state index in [-0.39, 0.29) is 11.9 Å². The summed E-state index contributed by atoms with van der Waals surface area (Å²) < 4.78 is 10.8. The van der Waals surface area contributed by atoms with E-state index in [1.165, 1.54) is 17.3 Å². The Balaban J connectivity index is 2.02. The molecule has 0 bridgehead atoms. The molecule has 1 heterocycles. The van der Waals surface area contributed by atoms with Crippen LogP contribution < -0.4 is 9.47 Å². The lowest BCUT2D eigenvalue weighted by Crippen LogP contribution is -2.36. The molecule has 0 N–H and O–H groups in total. The molecule has 2 aromatic rings. The van der Waals surface area contributed by atoms with E-state index in [1.807, 2.05) is 62.4 Å². The van der Waals surface area contributed by atoms with E-state index in [9.17, 15) is 4.79 Å². The molecule has 0 aromatic heterocycles. The number of amides is 1. The first-order chi connectivity index (χ1) is 14.0. The molecular weight excluding hydrogens is 384 g/mol. The van der Waals surface area contributed by atoms with Crippen molar-refractivity contribution in [3.05, 3.63) is 58.5 Å². The summed E-state index contributed by atoms with van der Waals surface area (Å²) in [6.45, 7) is 6.15. The van der Waals surface area contributed by atoms with Crippen LogP contribution in [0.4, 0.5) is 5.69 Å². The molecule has 5 nitrogen and oxygen atoms in total. The minimum absolute atomic E-state index is 0.0416. The van der Waals surface area contributed by atoms with Gasteiger partial charge in [0.25, 0.3) is 5.91 Å². The lowest BCUT2D eigenvalue weighted by atomic mass is 10.1. The molecule has 1 aliphatic heterocycles. The van der Waals surface area contributed by atoms with Crippen molar-refractivity contribution in [3.8, 4) is 11.5 Å². The van der Waals surface area contributed by atoms with Gasteiger partial charge in [-0.25, -0.2) is 4.99 Å². The van der Waals surface area contributed by atoms with Gasteiger partial charge in [0.1, 0.15) is 11.5 Å². The van der Waals surface area contributed by atoms with Crippen molar-refractivity contribution in [2.24, 2.45) is 4.99 Å². The zero-order valence-corrected chi connectivity index (χ0v) is 18.2. The number of amidine groups is 1. The summed E-state index contributed by atoms with van der Waals surface area (Å²) in [7, 11) is 3.23. The maximum Gasteiger partial charge on any atom is 0.267 e. The zero-order valence-electron chi connectivity index (χ0n) is 17.4. The van der Waals surface area contributed by atoms with Gasteiger partial charge in [0.2, 0.25) is 0 Å². The normalized spacial score (nSPS) is 17.8. The minimum Gasteiger partial charge on any atom is -0.497 e. The van der Waals surface area contributed by atoms with Crippen LogP contribution in [0.25, 0.3) is 6.08 Å². The Morgan fingerprint density at radius 3 is 2.48 bits per heavy atom. The minimum atomic E-state index is -0.0416. The molecular formula is C23H26N2O3S. The second-order valence-electron chi connectivity index (χ2n) is 6.88. The van der Waals surface area contributed by atoms with E-state index in [0.717, 1.165) is 17.7 Å². The average Bonchev–Trinajstić information content (AvgIpc) is 3.03. The molecule has 152 valence electrons. The largest absolute Gasteiger partial charge is 0.497 e. The van der Waals surface area contributed by atoms with Gasteiger partial charge < -0.3 is 9.47 Å². The maximum absolute atomic E-state index is 13.2. The van der Waals surface area contributed by atoms with Gasteiger partial charge in [0.05, 0.1) is 24.8 Å². The number of hydrogen-bond donors (Lipinski definition) is 0. The Morgan fingerprint density at radius 2 is 1.86 bits per heavy atom. The maximum atomic E-state index is 13.2. The lowest BCUT2D eigenvalue weighted by Gasteiger charge is -2.22. The van der Waals surface area contributed by atoms with Crippen LogP contribution in [0, 0.1) is 6.92 Å². The Bertz CT molecular complexity index is 951. The van der Waals surface area contributed by atoms with Crippen molar-refractivity contribution < 1.29 is 14.3 Å². The molecule has 0 spiro atoms. The first kappa shape index (κ1) is 21.0. The Labute approximate surface area is 176 Å². The first-order valence-corrected chi connectivity index (χ1v) is 10.4. The van der Waals surface area contributed by atoms with Crippen molar-refractivity contribution in [1.82, 2.24) is 4.90 Å². The number of aliphatic imine (C=N–C) groups is 1. The van der Waals surface area contributed by atoms with Gasteiger partial charge >= 0.3 is 0 Å². The topological polar surface area (TPSA) is 51.1 Å². The number of hydrogen-bond acceptors (Lipinski definition) is 5. The number of ether oxygens (including phenoxy) is 2. The van der Waals surface area contributed by atoms with E-state index < -0.39 is 0 Å². The summed E-state index contributed by atoms with van der Waals surface area (Å²) in [6, 6.07) is 13.6. The zero-order chi connectivity index (χ0) is 21.0. The van der Waals surface area contributed by atoms with Gasteiger partial charge in [-0.05, 0) is 68.4 Å². The fourth-order valence-corrected chi connectivity index (χ4v) is 4.04. The SMILES string of the molecule is CC[C@@H](C)N1C(=O)/C(=C\c2cc(OC)ccc2OC)SC1=Nc1ccc(C)cc1. The second-order valence-corrected chi connectivity index (χ2v) is 7.89. The number of carbonyl (C=O) groups is 1. The van der Waals surface area contributed by atoms with Gasteiger partial charge in [-0.15, -0.1) is 0 Å². The summed E-state index contributed by atoms with van der Waals surface area (Å²) in [5.41, 5.74) is 2.80. The molecule has 0 saturated carbocycles. The molecule has 2 aromatic carbocycles. The highest BCUT2D eigenvalue weighted by molar-refractivity contribution is 8.18. The summed E-state index contributed by atoms with van der Waals surface area (Å²) >= 11 is 1.39. The quantitative estimate of drug-likeness (QED) is 0.597. The molecule has 1 saturated heterocycles. The fraction of sp³-hybridized carbons (Fsp3) is 0.304. The molecule has 1 aliphatic rings. The summed E-state index contributed by atoms with van der Waals surface area (Å²) in [5, 5.41) is 0.696. The van der Waals surface area contributed by atoms with Crippen molar-refractivity contribution in [3.63, 3.8) is 0 Å². The van der Waals surface area contributed by atoms with Crippen LogP contribution in [0.15, 0.2) is 52.4 Å². The number of thioether (sulfide) groups is 1. The van der Waals surface area contributed by atoms with E-state index in [1.54, 1.807) is 19.1 Å². The third-order valence-electron chi connectivity index (χ3n) is 4.85. The van der Waals surface area contributed by atoms with Crippen LogP contribution in [-0.2, 0) is 4.79 Å². The van der Waals surface area contributed by atoms with Gasteiger partial charge in [0, 0.05) is 11.6 Å². The molecule has 3 rings (SSSR count). The van der Waals surface area contributed by atoms with Gasteiger partial charge in [-0.2, -0.15) is 0 Å². The number of nitrogens with zero attached hydrogens (tertiary/aromatic N) is 2. The van der Waals surface area contributed by atoms with Crippen molar-refractivity contribution >= 4 is 34.6 Å². The number of methoxy groups -OCH3 is 2. The van der Waals surface area contributed by atoms with E-state index in [4.69, 9.17) is 14.5 Å². The predicted molar refractivity (Wildman–Crippen MR) is 120 cm³/mol. The molecule has 6 heteroatoms. The number of carbonyl (C=O) groups excluding carboxylic acids is 1. The highest BCUT2D eigenvalue weighted by Gasteiger charge is 2.36. The highest BCUT2D eigenvalue weighted by atomic mass is 32.2. The van der Waals surface area contributed by atoms with Gasteiger partial charge in [-0.3, -0.25) is 9.69 Å². The van der Waals surface area contributed by atoms with Crippen LogP contribution in [0.2, 0.25) is 0 Å². The van der Waals surface area contributed by atoms with Crippen molar-refractivity contribution in [2.45, 2.75) is 33.2 Å². The molecule has 0 unspecified atom stereocenters. The summed E-state index contributed by atoms with van der Waals surface area (Å²) in [6.07, 6.45) is 2.69. The predicted octanol–water partition coefficient (Wildman–Crippen LogP) is 5.41. The Kier molecular flexibility index (Phi) is 6.64. The molecule has 1 amide bonds. The Hall–Kier alpha value is -2.73. The second kappa shape index (κ2) is 9.18. The Morgan fingerprint density at radius 1 is 1.14 bits per heavy atom. The van der Waals surface area contributed by atoms with Crippen LogP contribution >= 0.6 is 11.8 Å². The van der Waals surface area contributed by atoms with Crippen molar-refractivity contribution in [2.75, 3.05) is 14.2 Å². The fourth-order valence-electron chi connectivity index (χ4n) is 2.96. The van der Waals surface area contributed by atoms with E-state index in [2.05, 4.69) is 6.92 Å². The first-order valence-electron chi connectivity index (χ1n) is 9.57. The lowest BCUT2D eigenvalue weighted by molar-refractivity contribution is -0.123. The molecule has 0 radical (unpaired) electrons. The van der Waals surface area contributed by atoms with Gasteiger partial charge in [-0.1, -0.05) is 24.6 Å². The van der Waals surface area contributed by atoms with Crippen LogP contribution in [0.1, 0.15) is 31.4 Å². The molecule has 1 atom stereocenters. The highest BCUT2D eigenvalue weighted by Crippen LogP contribution is 2.37. The van der Waals surface area contributed by atoms with Gasteiger partial charge in [0.15, 0.2) is 5.17 Å². The smallest absolute Gasteiger partial charge is 0.267 e. The average molecular weight is 411 g/mol. The monoisotopic (exact) mass is 410 g/mol. The van der Waals surface area contributed by atoms with Crippen LogP contribution in [-0.4, -0.2) is 36.2 Å². The molecule has 29 heavy (non-hydrogen) atoms. The van der Waals surface area contributed by atoms with E-state index >= 15 is 0 Å². The number of rotatable bonds is 6. The third-order valence-corrected chi connectivity index (χ3v) is 5.83. The van der Waals surface area contributed by atoms with Crippen molar-refractivity contribution in [1.29, 1.82) is 0 Å². The van der Waals surface area contributed by atoms with E-state index in [0.29, 0.717) is 21.6 Å². The van der Waals surface area contributed by atoms with Crippen LogP contribution in [0.3, 0.4) is 0 Å². The summed E-state index contributed by atoms with van der Waals surface area (Å²) in [4.78, 5) is 20.4. The van der Waals surface area contributed by atoms with Crippen LogP contribution in [0.5, 0.6) is 11.5 Å². The standard InChI is InChI=1S/C23H26N2O3S/c1-6-16(3)25-22(26)21(14-17-13-19(27-4)11-12-20(17)28-5)29-23(25)24-18-9-7-15(2)8-10-18/h7-14,16H,6H2,1-5H3/b21-14+,24-23?/t16-/m1/s1. The number of aryl methyl sites for hydroxylation is 1. The molecule has 1 fully saturated rings. The summed E-state index contributed by atoms with van der Waals surface area (Å²) in [5.74, 6) is 1.35. The third kappa shape index (κ3) is 4.65. The number of benzene rings is 2. The molecule has 0 aliphatic carbocycles.